The van der Waals surface area contributed by atoms with Crippen LogP contribution in [0.3, 0.4) is 0 Å². The predicted octanol–water partition coefficient (Wildman–Crippen LogP) is 0.432. The molecule has 0 bridgehead atoms. The molecule has 3 N–H and O–H groups in total. The molecule has 0 aliphatic carbocycles. The highest BCUT2D eigenvalue weighted by molar-refractivity contribution is 5.86. The van der Waals surface area contributed by atoms with Crippen molar-refractivity contribution in [3.05, 3.63) is 18.4 Å². The lowest BCUT2D eigenvalue weighted by molar-refractivity contribution is 0.410. The van der Waals surface area contributed by atoms with Gasteiger partial charge in [-0.05, 0) is 0 Å². The van der Waals surface area contributed by atoms with Gasteiger partial charge in [0.1, 0.15) is 5.82 Å². The van der Waals surface area contributed by atoms with E-state index in [1.165, 1.54) is 6.39 Å². The molecule has 0 aliphatic heterocycles. The number of rotatable bonds is 5. The summed E-state index contributed by atoms with van der Waals surface area (Å²) in [4.78, 5) is 12.6. The molecule has 0 amide bonds. The molecule has 0 fully saturated rings. The second-order valence-electron chi connectivity index (χ2n) is 3.80. The van der Waals surface area contributed by atoms with Gasteiger partial charge in [-0.1, -0.05) is 5.16 Å². The van der Waals surface area contributed by atoms with E-state index in [4.69, 9.17) is 0 Å². The summed E-state index contributed by atoms with van der Waals surface area (Å²) in [5.41, 5.74) is 0.682. The van der Waals surface area contributed by atoms with E-state index < -0.39 is 0 Å². The zero-order valence-corrected chi connectivity index (χ0v) is 10.2. The zero-order chi connectivity index (χ0) is 13.1. The average Bonchev–Trinajstić information content (AvgIpc) is 3.08. The molecule has 0 radical (unpaired) electrons. The van der Waals surface area contributed by atoms with Crippen LogP contribution in [0.1, 0.15) is 5.82 Å². The molecule has 3 aromatic heterocycles. The van der Waals surface area contributed by atoms with Gasteiger partial charge in [0.15, 0.2) is 11.5 Å². The first-order valence-corrected chi connectivity index (χ1v) is 5.75. The molecule has 98 valence electrons. The van der Waals surface area contributed by atoms with Gasteiger partial charge in [0, 0.05) is 20.0 Å². The lowest BCUT2D eigenvalue weighted by Crippen LogP contribution is -2.09. The zero-order valence-electron chi connectivity index (χ0n) is 10.2. The van der Waals surface area contributed by atoms with Crippen molar-refractivity contribution in [2.75, 3.05) is 24.2 Å². The highest BCUT2D eigenvalue weighted by atomic mass is 16.5. The molecule has 9 nitrogen and oxygen atoms in total. The number of aromatic amines is 1. The van der Waals surface area contributed by atoms with Crippen molar-refractivity contribution >= 4 is 22.8 Å². The van der Waals surface area contributed by atoms with Crippen LogP contribution in [0.15, 0.2) is 17.1 Å². The number of hydrogen-bond acceptors (Lipinski definition) is 8. The first-order valence-electron chi connectivity index (χ1n) is 5.75. The summed E-state index contributed by atoms with van der Waals surface area (Å²) in [5.74, 6) is 1.89. The minimum Gasteiger partial charge on any atom is -0.369 e. The number of nitrogens with zero attached hydrogens (tertiary/aromatic N) is 5. The van der Waals surface area contributed by atoms with Gasteiger partial charge in [-0.2, -0.15) is 20.1 Å². The fourth-order valence-electron chi connectivity index (χ4n) is 1.68. The van der Waals surface area contributed by atoms with Crippen molar-refractivity contribution in [2.24, 2.45) is 0 Å². The molecule has 9 heteroatoms. The summed E-state index contributed by atoms with van der Waals surface area (Å²) in [6.45, 7) is 0.639. The molecular weight excluding hydrogens is 248 g/mol. The summed E-state index contributed by atoms with van der Waals surface area (Å²) >= 11 is 0. The normalized spacial score (nSPS) is 10.8. The fourth-order valence-corrected chi connectivity index (χ4v) is 1.68. The summed E-state index contributed by atoms with van der Waals surface area (Å²) in [7, 11) is 1.76. The van der Waals surface area contributed by atoms with Gasteiger partial charge >= 0.3 is 0 Å². The summed E-state index contributed by atoms with van der Waals surface area (Å²) in [6.07, 6.45) is 3.65. The monoisotopic (exact) mass is 260 g/mol. The second-order valence-corrected chi connectivity index (χ2v) is 3.80. The maximum atomic E-state index is 4.67. The second kappa shape index (κ2) is 4.88. The maximum absolute atomic E-state index is 4.67. The van der Waals surface area contributed by atoms with E-state index >= 15 is 0 Å². The Labute approximate surface area is 107 Å². The van der Waals surface area contributed by atoms with Gasteiger partial charge in [-0.25, -0.2) is 0 Å². The van der Waals surface area contributed by atoms with Crippen LogP contribution < -0.4 is 10.6 Å². The van der Waals surface area contributed by atoms with Gasteiger partial charge < -0.3 is 15.2 Å². The Balaban J connectivity index is 1.77. The van der Waals surface area contributed by atoms with Gasteiger partial charge in [0.05, 0.1) is 11.6 Å². The Morgan fingerprint density at radius 1 is 1.37 bits per heavy atom. The highest BCUT2D eigenvalue weighted by Gasteiger charge is 2.08. The predicted molar refractivity (Wildman–Crippen MR) is 67.7 cm³/mol. The highest BCUT2D eigenvalue weighted by Crippen LogP contribution is 2.19. The minimum absolute atomic E-state index is 0.527. The smallest absolute Gasteiger partial charge is 0.226 e. The van der Waals surface area contributed by atoms with Crippen molar-refractivity contribution in [1.82, 2.24) is 30.3 Å². The molecule has 0 aliphatic rings. The van der Waals surface area contributed by atoms with E-state index in [1.54, 1.807) is 13.2 Å². The van der Waals surface area contributed by atoms with E-state index in [9.17, 15) is 0 Å². The van der Waals surface area contributed by atoms with Crippen LogP contribution in [0.4, 0.5) is 11.8 Å². The topological polar surface area (TPSA) is 117 Å². The largest absolute Gasteiger partial charge is 0.369 e. The summed E-state index contributed by atoms with van der Waals surface area (Å²) in [5, 5.41) is 17.5. The van der Waals surface area contributed by atoms with Crippen LogP contribution >= 0.6 is 0 Å². The Morgan fingerprint density at radius 3 is 3.11 bits per heavy atom. The Morgan fingerprint density at radius 2 is 2.32 bits per heavy atom. The SMILES string of the molecule is CNc1nc(NCCc2ncon2)c2cn[nH]c2n1. The Hall–Kier alpha value is -2.71. The van der Waals surface area contributed by atoms with Crippen LogP contribution in [0.25, 0.3) is 11.0 Å². The molecule has 19 heavy (non-hydrogen) atoms. The number of nitrogens with one attached hydrogen (secondary N) is 3. The van der Waals surface area contributed by atoms with Gasteiger partial charge in [-0.3, -0.25) is 5.10 Å². The molecule has 0 atom stereocenters. The van der Waals surface area contributed by atoms with Gasteiger partial charge in [-0.15, -0.1) is 0 Å². The summed E-state index contributed by atoms with van der Waals surface area (Å²) in [6, 6.07) is 0. The molecular formula is C10H12N8O. The molecule has 3 heterocycles. The van der Waals surface area contributed by atoms with Crippen LogP contribution in [0.5, 0.6) is 0 Å². The van der Waals surface area contributed by atoms with E-state index in [1.807, 2.05) is 0 Å². The van der Waals surface area contributed by atoms with Crippen molar-refractivity contribution in [2.45, 2.75) is 6.42 Å². The molecule has 3 aromatic rings. The lowest BCUT2D eigenvalue weighted by atomic mass is 10.3. The van der Waals surface area contributed by atoms with E-state index in [0.717, 1.165) is 5.39 Å². The number of aromatic nitrogens is 6. The molecule has 0 saturated carbocycles. The molecule has 0 unspecified atom stereocenters. The van der Waals surface area contributed by atoms with E-state index in [-0.39, 0.29) is 0 Å². The molecule has 0 saturated heterocycles. The van der Waals surface area contributed by atoms with Crippen molar-refractivity contribution in [3.63, 3.8) is 0 Å². The third-order valence-corrected chi connectivity index (χ3v) is 2.58. The number of H-pyrrole nitrogens is 1. The Bertz CT molecular complexity index is 661. The maximum Gasteiger partial charge on any atom is 0.226 e. The average molecular weight is 260 g/mol. The van der Waals surface area contributed by atoms with Crippen LogP contribution in [-0.4, -0.2) is 43.9 Å². The first kappa shape index (κ1) is 11.4. The van der Waals surface area contributed by atoms with E-state index in [0.29, 0.717) is 36.2 Å². The van der Waals surface area contributed by atoms with Crippen LogP contribution in [-0.2, 0) is 6.42 Å². The van der Waals surface area contributed by atoms with Crippen LogP contribution in [0, 0.1) is 0 Å². The molecule has 3 rings (SSSR count). The minimum atomic E-state index is 0.527. The van der Waals surface area contributed by atoms with Crippen molar-refractivity contribution in [3.8, 4) is 0 Å². The first-order chi connectivity index (χ1) is 9.36. The standard InChI is InChI=1S/C10H12N8O/c1-11-10-15-8(6-4-14-17-9(6)16-10)12-3-2-7-13-5-19-18-7/h4-5H,2-3H2,1H3,(H3,11,12,14,15,16,17). The van der Waals surface area contributed by atoms with Crippen molar-refractivity contribution in [1.29, 1.82) is 0 Å². The van der Waals surface area contributed by atoms with Gasteiger partial charge in [0.25, 0.3) is 0 Å². The number of hydrogen-bond donors (Lipinski definition) is 3. The third kappa shape index (κ3) is 2.30. The molecule has 0 spiro atoms. The quantitative estimate of drug-likeness (QED) is 0.604. The molecule has 0 aromatic carbocycles. The third-order valence-electron chi connectivity index (χ3n) is 2.58. The van der Waals surface area contributed by atoms with Crippen molar-refractivity contribution < 1.29 is 4.52 Å². The lowest BCUT2D eigenvalue weighted by Gasteiger charge is -2.06. The number of anilines is 2. The number of fused-ring (bicyclic) bond motifs is 1. The summed E-state index contributed by atoms with van der Waals surface area (Å²) < 4.78 is 4.67. The van der Waals surface area contributed by atoms with E-state index in [2.05, 4.69) is 45.5 Å². The fraction of sp³-hybridized carbons (Fsp3) is 0.300. The Kier molecular flexibility index (Phi) is 2.93. The van der Waals surface area contributed by atoms with Gasteiger partial charge in [0.2, 0.25) is 12.3 Å². The van der Waals surface area contributed by atoms with Crippen LogP contribution in [0.2, 0.25) is 0 Å².